The van der Waals surface area contributed by atoms with E-state index in [9.17, 15) is 4.79 Å². The van der Waals surface area contributed by atoms with Crippen LogP contribution in [0.4, 0.5) is 0 Å². The largest absolute Gasteiger partial charge is 0.497 e. The Morgan fingerprint density at radius 3 is 2.43 bits per heavy atom. The lowest BCUT2D eigenvalue weighted by Crippen LogP contribution is -1.98. The third-order valence-corrected chi connectivity index (χ3v) is 3.81. The summed E-state index contributed by atoms with van der Waals surface area (Å²) in [4.78, 5) is 12.1. The van der Waals surface area contributed by atoms with Crippen molar-refractivity contribution in [2.45, 2.75) is 13.8 Å². The predicted octanol–water partition coefficient (Wildman–Crippen LogP) is 4.29. The van der Waals surface area contributed by atoms with Crippen molar-refractivity contribution >= 4 is 17.8 Å². The Morgan fingerprint density at radius 2 is 1.78 bits per heavy atom. The van der Waals surface area contributed by atoms with Gasteiger partial charge in [0.05, 0.1) is 12.7 Å². The molecular formula is C20H18O3. The third kappa shape index (κ3) is 3.19. The Bertz CT molecular complexity index is 811. The first-order chi connectivity index (χ1) is 11.1. The van der Waals surface area contributed by atoms with E-state index in [2.05, 4.69) is 6.07 Å². The number of aryl methyl sites for hydroxylation is 2. The molecule has 1 heterocycles. The zero-order valence-electron chi connectivity index (χ0n) is 13.4. The molecule has 23 heavy (non-hydrogen) atoms. The molecule has 2 aromatic carbocycles. The molecule has 0 spiro atoms. The number of hydrogen-bond donors (Lipinski definition) is 0. The summed E-state index contributed by atoms with van der Waals surface area (Å²) in [5.41, 5.74) is 4.70. The van der Waals surface area contributed by atoms with Crippen molar-refractivity contribution in [3.63, 3.8) is 0 Å². The van der Waals surface area contributed by atoms with Crippen molar-refractivity contribution in [2.75, 3.05) is 7.11 Å². The van der Waals surface area contributed by atoms with E-state index in [1.165, 1.54) is 5.56 Å². The lowest BCUT2D eigenvalue weighted by molar-refractivity contribution is -0.130. The molecule has 2 aromatic rings. The van der Waals surface area contributed by atoms with Gasteiger partial charge in [-0.1, -0.05) is 35.9 Å². The molecule has 0 N–H and O–H groups in total. The highest BCUT2D eigenvalue weighted by atomic mass is 16.5. The van der Waals surface area contributed by atoms with Crippen LogP contribution >= 0.6 is 0 Å². The maximum Gasteiger partial charge on any atom is 0.343 e. The molecule has 0 saturated carbocycles. The molecule has 1 aliphatic heterocycles. The van der Waals surface area contributed by atoms with E-state index in [-0.39, 0.29) is 5.97 Å². The quantitative estimate of drug-likeness (QED) is 0.627. The van der Waals surface area contributed by atoms with Gasteiger partial charge in [-0.05, 0) is 49.3 Å². The molecule has 0 bridgehead atoms. The van der Waals surface area contributed by atoms with Crippen LogP contribution in [0.25, 0.3) is 11.8 Å². The number of ether oxygens (including phenoxy) is 2. The van der Waals surface area contributed by atoms with E-state index < -0.39 is 0 Å². The fourth-order valence-electron chi connectivity index (χ4n) is 2.59. The van der Waals surface area contributed by atoms with Crippen LogP contribution in [0.15, 0.2) is 54.1 Å². The second kappa shape index (κ2) is 6.13. The zero-order valence-corrected chi connectivity index (χ0v) is 13.4. The average Bonchev–Trinajstić information content (AvgIpc) is 2.88. The lowest BCUT2D eigenvalue weighted by Gasteiger charge is -2.06. The molecule has 3 nitrogen and oxygen atoms in total. The number of cyclic esters (lactones) is 1. The van der Waals surface area contributed by atoms with Crippen LogP contribution in [0.1, 0.15) is 22.3 Å². The van der Waals surface area contributed by atoms with Gasteiger partial charge in [0.25, 0.3) is 0 Å². The summed E-state index contributed by atoms with van der Waals surface area (Å²) in [6.07, 6.45) is 3.61. The number of carbonyl (C=O) groups excluding carboxylic acids is 1. The zero-order chi connectivity index (χ0) is 16.4. The summed E-state index contributed by atoms with van der Waals surface area (Å²) in [6.45, 7) is 4.06. The summed E-state index contributed by atoms with van der Waals surface area (Å²) < 4.78 is 10.6. The first-order valence-corrected chi connectivity index (χ1v) is 7.44. The lowest BCUT2D eigenvalue weighted by atomic mass is 10.0. The molecule has 0 radical (unpaired) electrons. The van der Waals surface area contributed by atoms with E-state index >= 15 is 0 Å². The summed E-state index contributed by atoms with van der Waals surface area (Å²) >= 11 is 0. The Kier molecular flexibility index (Phi) is 4.02. The van der Waals surface area contributed by atoms with Gasteiger partial charge in [0.2, 0.25) is 0 Å². The van der Waals surface area contributed by atoms with E-state index in [4.69, 9.17) is 9.47 Å². The van der Waals surface area contributed by atoms with Gasteiger partial charge in [-0.2, -0.15) is 0 Å². The Hall–Kier alpha value is -2.81. The molecule has 0 aliphatic carbocycles. The first-order valence-electron chi connectivity index (χ1n) is 7.44. The van der Waals surface area contributed by atoms with Crippen LogP contribution in [0, 0.1) is 13.8 Å². The molecular weight excluding hydrogens is 288 g/mol. The molecule has 0 fully saturated rings. The topological polar surface area (TPSA) is 35.5 Å². The number of benzene rings is 2. The number of carbonyl (C=O) groups is 1. The number of rotatable bonds is 3. The Labute approximate surface area is 135 Å². The fourth-order valence-corrected chi connectivity index (χ4v) is 2.59. The first kappa shape index (κ1) is 15.1. The second-order valence-corrected chi connectivity index (χ2v) is 5.59. The highest BCUT2D eigenvalue weighted by molar-refractivity contribution is 6.05. The second-order valence-electron chi connectivity index (χ2n) is 5.59. The van der Waals surface area contributed by atoms with Crippen LogP contribution in [-0.4, -0.2) is 13.1 Å². The minimum atomic E-state index is -0.323. The summed E-state index contributed by atoms with van der Waals surface area (Å²) in [7, 11) is 1.63. The molecule has 0 saturated heterocycles. The monoisotopic (exact) mass is 306 g/mol. The van der Waals surface area contributed by atoms with Gasteiger partial charge in [-0.3, -0.25) is 0 Å². The van der Waals surface area contributed by atoms with Crippen molar-refractivity contribution in [3.05, 3.63) is 76.4 Å². The maximum atomic E-state index is 12.1. The number of methoxy groups -OCH3 is 1. The van der Waals surface area contributed by atoms with E-state index in [0.29, 0.717) is 11.3 Å². The molecule has 0 aromatic heterocycles. The smallest absolute Gasteiger partial charge is 0.343 e. The van der Waals surface area contributed by atoms with Crippen molar-refractivity contribution in [3.8, 4) is 5.75 Å². The Morgan fingerprint density at radius 1 is 1.04 bits per heavy atom. The standard InChI is InChI=1S/C20H18O3/c1-13-4-9-18(14(2)10-13)19-12-16(20(21)23-19)11-15-5-7-17(22-3)8-6-15/h4-12H,1-3H3/b16-11-. The van der Waals surface area contributed by atoms with Gasteiger partial charge < -0.3 is 9.47 Å². The van der Waals surface area contributed by atoms with Crippen LogP contribution in [-0.2, 0) is 9.53 Å². The number of esters is 1. The van der Waals surface area contributed by atoms with Crippen LogP contribution in [0.2, 0.25) is 0 Å². The minimum Gasteiger partial charge on any atom is -0.497 e. The summed E-state index contributed by atoms with van der Waals surface area (Å²) in [6, 6.07) is 13.6. The van der Waals surface area contributed by atoms with Crippen LogP contribution < -0.4 is 4.74 Å². The van der Waals surface area contributed by atoms with Gasteiger partial charge in [0.15, 0.2) is 0 Å². The SMILES string of the molecule is COc1ccc(/C=C2/C=C(c3ccc(C)cc3C)OC2=O)cc1. The van der Waals surface area contributed by atoms with Crippen molar-refractivity contribution in [2.24, 2.45) is 0 Å². The fraction of sp³-hybridized carbons (Fsp3) is 0.150. The maximum absolute atomic E-state index is 12.1. The molecule has 0 atom stereocenters. The third-order valence-electron chi connectivity index (χ3n) is 3.81. The van der Waals surface area contributed by atoms with Crippen molar-refractivity contribution in [1.29, 1.82) is 0 Å². The van der Waals surface area contributed by atoms with Gasteiger partial charge in [-0.25, -0.2) is 4.79 Å². The van der Waals surface area contributed by atoms with E-state index in [1.54, 1.807) is 13.2 Å². The van der Waals surface area contributed by atoms with Gasteiger partial charge in [0, 0.05) is 5.56 Å². The van der Waals surface area contributed by atoms with Gasteiger partial charge in [-0.15, -0.1) is 0 Å². The van der Waals surface area contributed by atoms with E-state index in [0.717, 1.165) is 22.4 Å². The Balaban J connectivity index is 1.92. The molecule has 1 aliphatic rings. The molecule has 116 valence electrons. The highest BCUT2D eigenvalue weighted by Crippen LogP contribution is 2.29. The molecule has 0 amide bonds. The number of hydrogen-bond acceptors (Lipinski definition) is 3. The van der Waals surface area contributed by atoms with Gasteiger partial charge >= 0.3 is 5.97 Å². The average molecular weight is 306 g/mol. The molecule has 0 unspecified atom stereocenters. The van der Waals surface area contributed by atoms with Crippen molar-refractivity contribution in [1.82, 2.24) is 0 Å². The molecule has 3 heteroatoms. The normalized spacial score (nSPS) is 15.5. The van der Waals surface area contributed by atoms with E-state index in [1.807, 2.05) is 56.3 Å². The molecule has 3 rings (SSSR count). The van der Waals surface area contributed by atoms with Crippen molar-refractivity contribution < 1.29 is 14.3 Å². The van der Waals surface area contributed by atoms with Gasteiger partial charge in [0.1, 0.15) is 11.5 Å². The predicted molar refractivity (Wildman–Crippen MR) is 91.0 cm³/mol. The van der Waals surface area contributed by atoms with Crippen LogP contribution in [0.5, 0.6) is 5.75 Å². The van der Waals surface area contributed by atoms with Crippen LogP contribution in [0.3, 0.4) is 0 Å². The minimum absolute atomic E-state index is 0.323. The summed E-state index contributed by atoms with van der Waals surface area (Å²) in [5, 5.41) is 0. The summed E-state index contributed by atoms with van der Waals surface area (Å²) in [5.74, 6) is 1.07. The highest BCUT2D eigenvalue weighted by Gasteiger charge is 2.22.